The van der Waals surface area contributed by atoms with Crippen molar-refractivity contribution in [2.45, 2.75) is 32.9 Å². The average Bonchev–Trinajstić information content (AvgIpc) is 2.94. The lowest BCUT2D eigenvalue weighted by Gasteiger charge is -2.10. The SMILES string of the molecule is CCNC(C)c1ccn(CCc2ccccc2[N+](=O)[O-])c1. The zero-order chi connectivity index (χ0) is 15.2. The molecule has 0 aliphatic rings. The number of para-hydroxylation sites is 1. The number of nitro benzene ring substituents is 1. The Morgan fingerprint density at radius 1 is 1.33 bits per heavy atom. The van der Waals surface area contributed by atoms with E-state index in [-0.39, 0.29) is 10.6 Å². The van der Waals surface area contributed by atoms with Gasteiger partial charge in [-0.15, -0.1) is 0 Å². The van der Waals surface area contributed by atoms with Crippen LogP contribution in [0.2, 0.25) is 0 Å². The quantitative estimate of drug-likeness (QED) is 0.628. The summed E-state index contributed by atoms with van der Waals surface area (Å²) in [4.78, 5) is 10.7. The van der Waals surface area contributed by atoms with E-state index in [1.54, 1.807) is 12.1 Å². The second kappa shape index (κ2) is 7.04. The minimum Gasteiger partial charge on any atom is -0.354 e. The standard InChI is InChI=1S/C16H21N3O2/c1-3-17-13(2)15-9-11-18(12-15)10-8-14-6-4-5-7-16(14)19(20)21/h4-7,9,11-13,17H,3,8,10H2,1-2H3. The summed E-state index contributed by atoms with van der Waals surface area (Å²) >= 11 is 0. The van der Waals surface area contributed by atoms with Gasteiger partial charge in [0.15, 0.2) is 0 Å². The number of aromatic nitrogens is 1. The maximum atomic E-state index is 11.0. The van der Waals surface area contributed by atoms with E-state index in [1.165, 1.54) is 5.56 Å². The molecule has 1 aromatic heterocycles. The van der Waals surface area contributed by atoms with Crippen LogP contribution in [0.4, 0.5) is 5.69 Å². The number of hydrogen-bond acceptors (Lipinski definition) is 3. The molecule has 5 heteroatoms. The van der Waals surface area contributed by atoms with Gasteiger partial charge in [0.1, 0.15) is 0 Å². The van der Waals surface area contributed by atoms with Crippen LogP contribution in [0.15, 0.2) is 42.7 Å². The van der Waals surface area contributed by atoms with E-state index in [0.717, 1.165) is 18.7 Å². The fourth-order valence-corrected chi connectivity index (χ4v) is 2.43. The Bertz CT molecular complexity index is 607. The molecule has 0 bridgehead atoms. The molecule has 1 unspecified atom stereocenters. The van der Waals surface area contributed by atoms with Crippen molar-refractivity contribution in [3.05, 3.63) is 64.0 Å². The van der Waals surface area contributed by atoms with Crippen LogP contribution in [0.25, 0.3) is 0 Å². The third kappa shape index (κ3) is 3.92. The number of nitrogens with zero attached hydrogens (tertiary/aromatic N) is 2. The molecule has 0 fully saturated rings. The third-order valence-corrected chi connectivity index (χ3v) is 3.61. The summed E-state index contributed by atoms with van der Waals surface area (Å²) in [5.74, 6) is 0. The summed E-state index contributed by atoms with van der Waals surface area (Å²) in [7, 11) is 0. The maximum absolute atomic E-state index is 11.0. The smallest absolute Gasteiger partial charge is 0.272 e. The van der Waals surface area contributed by atoms with Crippen LogP contribution in [-0.2, 0) is 13.0 Å². The largest absolute Gasteiger partial charge is 0.354 e. The first-order valence-corrected chi connectivity index (χ1v) is 7.23. The number of hydrogen-bond donors (Lipinski definition) is 1. The maximum Gasteiger partial charge on any atom is 0.272 e. The van der Waals surface area contributed by atoms with Crippen LogP contribution >= 0.6 is 0 Å². The molecule has 2 aromatic rings. The number of benzene rings is 1. The summed E-state index contributed by atoms with van der Waals surface area (Å²) in [6, 6.07) is 9.34. The van der Waals surface area contributed by atoms with E-state index in [4.69, 9.17) is 0 Å². The molecular formula is C16H21N3O2. The van der Waals surface area contributed by atoms with Crippen LogP contribution in [0, 0.1) is 10.1 Å². The molecule has 112 valence electrons. The van der Waals surface area contributed by atoms with Crippen LogP contribution < -0.4 is 5.32 Å². The minimum atomic E-state index is -0.316. The molecule has 1 aromatic carbocycles. The van der Waals surface area contributed by atoms with Gasteiger partial charge in [0.2, 0.25) is 0 Å². The van der Waals surface area contributed by atoms with E-state index in [2.05, 4.69) is 36.0 Å². The fourth-order valence-electron chi connectivity index (χ4n) is 2.43. The Morgan fingerprint density at radius 3 is 2.81 bits per heavy atom. The summed E-state index contributed by atoms with van der Waals surface area (Å²) < 4.78 is 2.08. The molecule has 0 amide bonds. The van der Waals surface area contributed by atoms with E-state index in [0.29, 0.717) is 12.5 Å². The molecule has 1 atom stereocenters. The first-order chi connectivity index (χ1) is 10.1. The van der Waals surface area contributed by atoms with Crippen LogP contribution in [0.3, 0.4) is 0 Å². The number of nitro groups is 1. The molecule has 0 aliphatic heterocycles. The lowest BCUT2D eigenvalue weighted by atomic mass is 10.1. The number of rotatable bonds is 7. The summed E-state index contributed by atoms with van der Waals surface area (Å²) in [6.45, 7) is 5.89. The summed E-state index contributed by atoms with van der Waals surface area (Å²) in [5.41, 5.74) is 2.21. The van der Waals surface area contributed by atoms with Crippen molar-refractivity contribution >= 4 is 5.69 Å². The topological polar surface area (TPSA) is 60.1 Å². The third-order valence-electron chi connectivity index (χ3n) is 3.61. The van der Waals surface area contributed by atoms with E-state index < -0.39 is 0 Å². The van der Waals surface area contributed by atoms with Gasteiger partial charge in [0.25, 0.3) is 5.69 Å². The predicted octanol–water partition coefficient (Wildman–Crippen LogP) is 3.31. The molecule has 0 saturated carbocycles. The Morgan fingerprint density at radius 2 is 2.10 bits per heavy atom. The van der Waals surface area contributed by atoms with Gasteiger partial charge in [0, 0.05) is 36.6 Å². The van der Waals surface area contributed by atoms with Crippen molar-refractivity contribution in [3.63, 3.8) is 0 Å². The van der Waals surface area contributed by atoms with Crippen molar-refractivity contribution in [2.75, 3.05) is 6.54 Å². The summed E-state index contributed by atoms with van der Waals surface area (Å²) in [5, 5.41) is 14.4. The van der Waals surface area contributed by atoms with Crippen molar-refractivity contribution < 1.29 is 4.92 Å². The average molecular weight is 287 g/mol. The lowest BCUT2D eigenvalue weighted by Crippen LogP contribution is -2.17. The van der Waals surface area contributed by atoms with Gasteiger partial charge in [-0.2, -0.15) is 0 Å². The highest BCUT2D eigenvalue weighted by Crippen LogP contribution is 2.19. The van der Waals surface area contributed by atoms with Crippen molar-refractivity contribution in [2.24, 2.45) is 0 Å². The Hall–Kier alpha value is -2.14. The molecule has 0 saturated heterocycles. The minimum absolute atomic E-state index is 0.200. The van der Waals surface area contributed by atoms with Gasteiger partial charge >= 0.3 is 0 Å². The molecule has 5 nitrogen and oxygen atoms in total. The van der Waals surface area contributed by atoms with Gasteiger partial charge in [-0.25, -0.2) is 0 Å². The van der Waals surface area contributed by atoms with Gasteiger partial charge in [-0.05, 0) is 31.5 Å². The molecule has 1 heterocycles. The fraction of sp³-hybridized carbons (Fsp3) is 0.375. The monoisotopic (exact) mass is 287 g/mol. The van der Waals surface area contributed by atoms with Crippen LogP contribution in [0.1, 0.15) is 31.0 Å². The Labute approximate surface area is 124 Å². The molecule has 1 N–H and O–H groups in total. The molecule has 0 aliphatic carbocycles. The Kier molecular flexibility index (Phi) is 5.11. The second-order valence-corrected chi connectivity index (χ2v) is 5.10. The molecule has 0 spiro atoms. The van der Waals surface area contributed by atoms with Gasteiger partial charge in [-0.3, -0.25) is 10.1 Å². The zero-order valence-corrected chi connectivity index (χ0v) is 12.5. The van der Waals surface area contributed by atoms with Gasteiger partial charge < -0.3 is 9.88 Å². The Balaban J connectivity index is 2.02. The molecular weight excluding hydrogens is 266 g/mol. The zero-order valence-electron chi connectivity index (χ0n) is 12.5. The summed E-state index contributed by atoms with van der Waals surface area (Å²) in [6.07, 6.45) is 4.78. The first-order valence-electron chi connectivity index (χ1n) is 7.23. The molecule has 0 radical (unpaired) electrons. The van der Waals surface area contributed by atoms with Crippen LogP contribution in [-0.4, -0.2) is 16.0 Å². The second-order valence-electron chi connectivity index (χ2n) is 5.10. The molecule has 2 rings (SSSR count). The highest BCUT2D eigenvalue weighted by atomic mass is 16.6. The lowest BCUT2D eigenvalue weighted by molar-refractivity contribution is -0.385. The predicted molar refractivity (Wildman–Crippen MR) is 83.3 cm³/mol. The van der Waals surface area contributed by atoms with E-state index >= 15 is 0 Å². The van der Waals surface area contributed by atoms with Crippen LogP contribution in [0.5, 0.6) is 0 Å². The number of nitrogens with one attached hydrogen (secondary N) is 1. The van der Waals surface area contributed by atoms with Crippen molar-refractivity contribution in [3.8, 4) is 0 Å². The molecule has 21 heavy (non-hydrogen) atoms. The van der Waals surface area contributed by atoms with Crippen molar-refractivity contribution in [1.29, 1.82) is 0 Å². The van der Waals surface area contributed by atoms with Crippen molar-refractivity contribution in [1.82, 2.24) is 9.88 Å². The number of aryl methyl sites for hydroxylation is 2. The normalized spacial score (nSPS) is 12.3. The highest BCUT2D eigenvalue weighted by molar-refractivity contribution is 5.39. The van der Waals surface area contributed by atoms with Gasteiger partial charge in [-0.1, -0.05) is 25.1 Å². The first kappa shape index (κ1) is 15.3. The van der Waals surface area contributed by atoms with E-state index in [9.17, 15) is 10.1 Å². The highest BCUT2D eigenvalue weighted by Gasteiger charge is 2.12. The van der Waals surface area contributed by atoms with Gasteiger partial charge in [0.05, 0.1) is 4.92 Å². The van der Waals surface area contributed by atoms with E-state index in [1.807, 2.05) is 18.3 Å².